The van der Waals surface area contributed by atoms with Gasteiger partial charge in [0, 0.05) is 6.92 Å². The highest BCUT2D eigenvalue weighted by molar-refractivity contribution is 9.11. The van der Waals surface area contributed by atoms with Gasteiger partial charge in [-0.1, -0.05) is 30.9 Å². The predicted molar refractivity (Wildman–Crippen MR) is 492 cm³/mol. The van der Waals surface area contributed by atoms with Crippen molar-refractivity contribution in [2.24, 2.45) is 5.90 Å². The zero-order chi connectivity index (χ0) is 106. The second-order valence-electron chi connectivity index (χ2n) is 35.1. The first-order valence-electron chi connectivity index (χ1n) is 42.1. The lowest BCUT2D eigenvalue weighted by Gasteiger charge is -2.34. The Morgan fingerprint density at radius 3 is 1.17 bits per heavy atom. The van der Waals surface area contributed by atoms with Crippen molar-refractivity contribution in [3.8, 4) is 68.8 Å². The molecule has 2 saturated heterocycles. The number of ether oxygens (including phenoxy) is 9. The molecule has 54 nitrogen and oxygen atoms in total. The standard InChI is InChI=1S/C21H24BrFN6O7.C21H23BrFN5O8.C19H21BrFN5O7.C11H22N2O4.C10H3BrFN5O5/c1-20(2,3)34-19(31)29-12(9-32-21(29,4)5)10-33-25-16-15(24-36-26-16)17-27-35-18(30)28(17)11-6-7-14(23)13(22)8-11;1-11(29)33-9-12(24-19(30)34-21(2,3)4)8-32-10-16-17(26-36-25-16)18-27-35-20(31)28(18)13-5-6-15(23)14(22)7-13;1-19(2,3)31-17(28)22-10(7-27)8-30-9-14-15(24-33-23-14)16-25-32-18(29)26(16)11-4-5-13(21)12(20)6-11;1-10(2,3)17-9(14)13-8(7-16-12)6-15-11(13,4)5;11-5-3-4(1-2-6(5)12)16-8(14-21-10(16)18)7-9(17(19)20)15-22-13-7/h6-8,12H,9-10H2,1-5H3,(H,25,26);5-7,12H,8-10H2,1-4H3,(H,24,30);4-6,10,27H,7-9H2,1-3H3,(H,22,28);8H,6-7,12H2,1-5H3;1-3H. The molecule has 4 unspecified atom stereocenters. The van der Waals surface area contributed by atoms with Crippen molar-refractivity contribution in [2.75, 3.05) is 58.3 Å². The summed E-state index contributed by atoms with van der Waals surface area (Å²) in [5.74, 6) is -2.24. The van der Waals surface area contributed by atoms with E-state index >= 15 is 0 Å². The smallest absolute Gasteiger partial charge is 0.446 e. The maximum absolute atomic E-state index is 13.7. The largest absolute Gasteiger partial charge is 0.464 e. The van der Waals surface area contributed by atoms with Crippen LogP contribution in [0.2, 0.25) is 0 Å². The zero-order valence-corrected chi connectivity index (χ0v) is 85.4. The number of nitrogens with zero attached hydrogens (tertiary/aromatic N) is 19. The van der Waals surface area contributed by atoms with E-state index < -0.39 is 152 Å². The number of nitrogens with two attached hydrogens (primary N) is 1. The van der Waals surface area contributed by atoms with Crippen LogP contribution in [-0.4, -0.2) is 241 Å². The SMILES string of the molecule is CC(=O)OCC(COCc1nonc1-c1noc(=O)n1-c1ccc(F)c(Br)c1)NC(=O)OC(C)(C)C.CC(C)(C)OC(=O)N1C(CON)COC1(C)C.CC(C)(C)OC(=O)N1C(CONc2nonc2-c2noc(=O)n2-c2ccc(F)c(Br)c2)COC1(C)C.CC(C)(C)OC(=O)NC(CO)COCc1nonc1-c1noc(=O)n1-c1ccc(F)c(Br)c1.O=c1onc(-c2nonc2[N+](=O)[O-])n1-c1ccc(F)c(Br)c1. The Balaban J connectivity index is 0.000000189. The van der Waals surface area contributed by atoms with E-state index in [0.717, 1.165) is 30.4 Å². The van der Waals surface area contributed by atoms with Crippen molar-refractivity contribution >= 4 is 106 Å². The Kier molecular flexibility index (Phi) is 37.5. The molecule has 14 rings (SSSR count). The third-order valence-corrected chi connectivity index (χ3v) is 20.9. The first-order chi connectivity index (χ1) is 67.6. The van der Waals surface area contributed by atoms with E-state index in [9.17, 15) is 75.9 Å². The summed E-state index contributed by atoms with van der Waals surface area (Å²) in [5, 5.41) is 69.0. The molecule has 10 heterocycles. The molecule has 4 atom stereocenters. The maximum Gasteiger partial charge on any atom is 0.446 e. The molecule has 6 N–H and O–H groups in total. The van der Waals surface area contributed by atoms with E-state index in [1.807, 2.05) is 34.6 Å². The van der Waals surface area contributed by atoms with Crippen LogP contribution in [0, 0.1) is 33.4 Å². The topological polar surface area (TPSA) is 667 Å². The fraction of sp³-hybridized carbons (Fsp3) is 0.451. The second kappa shape index (κ2) is 48.1. The van der Waals surface area contributed by atoms with Crippen molar-refractivity contribution in [2.45, 2.75) is 189 Å². The Labute approximate surface area is 841 Å². The Bertz CT molecular complexity index is 6740. The van der Waals surface area contributed by atoms with Gasteiger partial charge in [0.15, 0.2) is 16.5 Å². The van der Waals surface area contributed by atoms with Crippen LogP contribution in [0.15, 0.2) is 146 Å². The lowest BCUT2D eigenvalue weighted by Crippen LogP contribution is -2.51. The molecule has 0 spiro atoms. The summed E-state index contributed by atoms with van der Waals surface area (Å²) in [5.41, 5.74) is -0.699. The molecule has 2 fully saturated rings. The molecular formula is C82H93Br4F4N23O31. The fourth-order valence-electron chi connectivity index (χ4n) is 12.5. The first-order valence-corrected chi connectivity index (χ1v) is 45.2. The molecular weight excluding hydrogens is 2200 g/mol. The summed E-state index contributed by atoms with van der Waals surface area (Å²) < 4.78 is 145. The molecule has 4 aromatic carbocycles. The number of carbonyl (C=O) groups is 5. The number of aliphatic hydroxyl groups is 1. The number of amides is 4. The van der Waals surface area contributed by atoms with E-state index in [2.05, 4.69) is 156 Å². The van der Waals surface area contributed by atoms with Crippen molar-refractivity contribution in [3.63, 3.8) is 0 Å². The number of nitrogens with one attached hydrogen (secondary N) is 3. The first kappa shape index (κ1) is 112. The minimum absolute atomic E-state index is 0.00621. The molecule has 0 saturated carbocycles. The van der Waals surface area contributed by atoms with Gasteiger partial charge in [0.2, 0.25) is 34.8 Å². The van der Waals surface area contributed by atoms with Gasteiger partial charge in [0.05, 0.1) is 124 Å². The average Bonchev–Trinajstić information content (AvgIpc) is 1.64. The minimum atomic E-state index is -0.939. The van der Waals surface area contributed by atoms with E-state index in [1.165, 1.54) is 77.4 Å². The van der Waals surface area contributed by atoms with Crippen LogP contribution in [-0.2, 0) is 70.3 Å². The average molecular weight is 2290 g/mol. The zero-order valence-electron chi connectivity index (χ0n) is 79.1. The molecule has 62 heteroatoms. The van der Waals surface area contributed by atoms with Gasteiger partial charge < -0.3 is 73.3 Å². The number of hydrogen-bond donors (Lipinski definition) is 5. The highest BCUT2D eigenvalue weighted by atomic mass is 79.9. The number of nitro groups is 1. The number of alkyl carbamates (subject to hydrolysis) is 2. The van der Waals surface area contributed by atoms with Crippen molar-refractivity contribution in [1.82, 2.24) is 101 Å². The number of benzene rings is 4. The van der Waals surface area contributed by atoms with Gasteiger partial charge in [-0.15, -0.1) is 4.63 Å². The Morgan fingerprint density at radius 2 is 0.819 bits per heavy atom. The predicted octanol–water partition coefficient (Wildman–Crippen LogP) is 11.4. The molecule has 12 aromatic rings. The van der Waals surface area contributed by atoms with Gasteiger partial charge in [-0.2, -0.15) is 0 Å². The summed E-state index contributed by atoms with van der Waals surface area (Å²) in [7, 11) is 0. The Hall–Kier alpha value is -13.7. The molecule has 0 bridgehead atoms. The van der Waals surface area contributed by atoms with E-state index in [0.29, 0.717) is 6.61 Å². The number of esters is 1. The van der Waals surface area contributed by atoms with E-state index in [1.54, 1.807) is 76.2 Å². The Morgan fingerprint density at radius 1 is 0.486 bits per heavy atom. The number of aliphatic hydroxyl groups excluding tert-OH is 1. The van der Waals surface area contributed by atoms with Gasteiger partial charge in [0.1, 0.15) is 75.1 Å². The van der Waals surface area contributed by atoms with Crippen LogP contribution >= 0.6 is 63.7 Å². The highest BCUT2D eigenvalue weighted by Gasteiger charge is 2.48. The monoisotopic (exact) mass is 2290 g/mol. The third-order valence-electron chi connectivity index (χ3n) is 18.5. The third kappa shape index (κ3) is 30.2. The quantitative estimate of drug-likeness (QED) is 0.00999. The summed E-state index contributed by atoms with van der Waals surface area (Å²) in [6.45, 7) is 29.1. The fourth-order valence-corrected chi connectivity index (χ4v) is 14.0. The van der Waals surface area contributed by atoms with Gasteiger partial charge in [-0.25, -0.2) is 99.5 Å². The summed E-state index contributed by atoms with van der Waals surface area (Å²) >= 11 is 12.2. The summed E-state index contributed by atoms with van der Waals surface area (Å²) in [6, 6.07) is 13.1. The van der Waals surface area contributed by atoms with Crippen LogP contribution in [0.4, 0.5) is 48.4 Å². The van der Waals surface area contributed by atoms with Crippen molar-refractivity contribution in [1.29, 1.82) is 0 Å². The molecule has 0 aliphatic carbocycles. The molecule has 4 amide bonds. The lowest BCUT2D eigenvalue weighted by molar-refractivity contribution is -0.390. The number of carbonyl (C=O) groups excluding carboxylic acids is 5. The van der Waals surface area contributed by atoms with Crippen LogP contribution in [0.1, 0.15) is 129 Å². The van der Waals surface area contributed by atoms with Crippen LogP contribution in [0.3, 0.4) is 0 Å². The molecule has 8 aromatic heterocycles. The lowest BCUT2D eigenvalue weighted by atomic mass is 10.2. The number of hydrogen-bond acceptors (Lipinski definition) is 45. The number of rotatable bonds is 28. The van der Waals surface area contributed by atoms with Crippen LogP contribution in [0.25, 0.3) is 68.8 Å². The highest BCUT2D eigenvalue weighted by Crippen LogP contribution is 2.36. The molecule has 144 heavy (non-hydrogen) atoms. The number of halogens is 8. The van der Waals surface area contributed by atoms with Gasteiger partial charge >= 0.3 is 59.2 Å². The maximum atomic E-state index is 13.7. The van der Waals surface area contributed by atoms with Crippen LogP contribution in [0.5, 0.6) is 0 Å². The van der Waals surface area contributed by atoms with Gasteiger partial charge in [-0.05, 0) is 278 Å². The van der Waals surface area contributed by atoms with E-state index in [-0.39, 0.29) is 157 Å². The van der Waals surface area contributed by atoms with Gasteiger partial charge in [0.25, 0.3) is 5.69 Å². The van der Waals surface area contributed by atoms with Crippen molar-refractivity contribution < 1.29 is 140 Å². The summed E-state index contributed by atoms with van der Waals surface area (Å²) in [6.07, 6.45) is -2.38. The van der Waals surface area contributed by atoms with Gasteiger partial charge in [-0.3, -0.25) is 37.5 Å². The molecule has 2 aliphatic rings. The molecule has 778 valence electrons. The summed E-state index contributed by atoms with van der Waals surface area (Å²) in [4.78, 5) is 132. The molecule has 0 radical (unpaired) electrons. The number of anilines is 1. The number of aromatic nitrogens is 16. The minimum Gasteiger partial charge on any atom is -0.464 e. The van der Waals surface area contributed by atoms with Crippen molar-refractivity contribution in [3.05, 3.63) is 178 Å². The van der Waals surface area contributed by atoms with Crippen LogP contribution < -0.4 is 45.0 Å². The second-order valence-corrected chi connectivity index (χ2v) is 38.5. The normalized spacial score (nSPS) is 14.8. The van der Waals surface area contributed by atoms with E-state index in [4.69, 9.17) is 80.8 Å². The molecule has 2 aliphatic heterocycles.